The quantitative estimate of drug-likeness (QED) is 0.789. The fraction of sp³-hybridized carbons (Fsp3) is 0.188. The van der Waals surface area contributed by atoms with Crippen LogP contribution in [-0.4, -0.2) is 11.3 Å². The second kappa shape index (κ2) is 5.45. The van der Waals surface area contributed by atoms with Gasteiger partial charge in [-0.1, -0.05) is 29.3 Å². The Labute approximate surface area is 118 Å². The van der Waals surface area contributed by atoms with E-state index < -0.39 is 0 Å². The average molecular weight is 274 g/mol. The molecule has 0 bridgehead atoms. The number of phenols is 1. The van der Waals surface area contributed by atoms with Crippen LogP contribution in [0.4, 0.5) is 5.69 Å². The summed E-state index contributed by atoms with van der Waals surface area (Å²) in [6.07, 6.45) is 1.65. The third kappa shape index (κ3) is 2.96. The first-order valence-electron chi connectivity index (χ1n) is 6.08. The minimum Gasteiger partial charge on any atom is -0.507 e. The van der Waals surface area contributed by atoms with Crippen LogP contribution < -0.4 is 0 Å². The van der Waals surface area contributed by atoms with E-state index in [-0.39, 0.29) is 5.75 Å². The second-order valence-corrected chi connectivity index (χ2v) is 5.04. The Kier molecular flexibility index (Phi) is 3.91. The number of phenolic OH excluding ortho intramolecular Hbond substituents is 1. The van der Waals surface area contributed by atoms with Gasteiger partial charge in [-0.15, -0.1) is 0 Å². The van der Waals surface area contributed by atoms with Gasteiger partial charge in [0.2, 0.25) is 0 Å². The van der Waals surface area contributed by atoms with E-state index in [1.807, 2.05) is 45.0 Å². The standard InChI is InChI=1S/C16H16ClNO/c1-10-4-6-13(7-5-10)18-9-14-12(3)16(17)11(2)8-15(14)19/h4-9,19H,1-3H3. The summed E-state index contributed by atoms with van der Waals surface area (Å²) < 4.78 is 0. The van der Waals surface area contributed by atoms with E-state index in [1.54, 1.807) is 12.3 Å². The van der Waals surface area contributed by atoms with Crippen LogP contribution in [0.3, 0.4) is 0 Å². The molecule has 2 rings (SSSR count). The van der Waals surface area contributed by atoms with Gasteiger partial charge in [0.15, 0.2) is 0 Å². The summed E-state index contributed by atoms with van der Waals surface area (Å²) in [5.41, 5.74) is 4.41. The number of benzene rings is 2. The minimum atomic E-state index is 0.204. The van der Waals surface area contributed by atoms with Crippen molar-refractivity contribution in [1.82, 2.24) is 0 Å². The lowest BCUT2D eigenvalue weighted by Gasteiger charge is -2.08. The van der Waals surface area contributed by atoms with Gasteiger partial charge in [0.1, 0.15) is 5.75 Å². The Hall–Kier alpha value is -1.80. The lowest BCUT2D eigenvalue weighted by Crippen LogP contribution is -1.92. The van der Waals surface area contributed by atoms with Crippen LogP contribution in [0.2, 0.25) is 5.02 Å². The molecule has 0 saturated carbocycles. The summed E-state index contributed by atoms with van der Waals surface area (Å²) in [6.45, 7) is 5.78. The highest BCUT2D eigenvalue weighted by atomic mass is 35.5. The molecule has 0 radical (unpaired) electrons. The lowest BCUT2D eigenvalue weighted by atomic mass is 10.0. The van der Waals surface area contributed by atoms with Crippen molar-refractivity contribution < 1.29 is 5.11 Å². The molecule has 0 spiro atoms. The van der Waals surface area contributed by atoms with Crippen molar-refractivity contribution in [3.8, 4) is 5.75 Å². The number of aliphatic imine (C=N–C) groups is 1. The number of hydrogen-bond donors (Lipinski definition) is 1. The molecule has 2 aromatic carbocycles. The van der Waals surface area contributed by atoms with Crippen molar-refractivity contribution in [3.05, 3.63) is 57.6 Å². The van der Waals surface area contributed by atoms with Gasteiger partial charge in [-0.05, 0) is 50.1 Å². The van der Waals surface area contributed by atoms with Crippen molar-refractivity contribution in [2.75, 3.05) is 0 Å². The number of aromatic hydroxyl groups is 1. The summed E-state index contributed by atoms with van der Waals surface area (Å²) in [5, 5.41) is 10.6. The van der Waals surface area contributed by atoms with Gasteiger partial charge >= 0.3 is 0 Å². The predicted molar refractivity (Wildman–Crippen MR) is 81.0 cm³/mol. The first-order chi connectivity index (χ1) is 8.99. The Morgan fingerprint density at radius 1 is 1.11 bits per heavy atom. The molecule has 98 valence electrons. The number of aryl methyl sites for hydroxylation is 2. The van der Waals surface area contributed by atoms with Gasteiger partial charge in [-0.2, -0.15) is 0 Å². The zero-order valence-corrected chi connectivity index (χ0v) is 12.0. The van der Waals surface area contributed by atoms with Crippen LogP contribution in [0.5, 0.6) is 5.75 Å². The van der Waals surface area contributed by atoms with Crippen LogP contribution in [0, 0.1) is 20.8 Å². The molecule has 0 aliphatic rings. The van der Waals surface area contributed by atoms with E-state index in [9.17, 15) is 5.11 Å². The van der Waals surface area contributed by atoms with Crippen LogP contribution in [-0.2, 0) is 0 Å². The van der Waals surface area contributed by atoms with Gasteiger partial charge in [-0.25, -0.2) is 0 Å². The van der Waals surface area contributed by atoms with E-state index in [0.29, 0.717) is 10.6 Å². The Balaban J connectivity index is 2.38. The monoisotopic (exact) mass is 273 g/mol. The molecule has 0 fully saturated rings. The van der Waals surface area contributed by atoms with Gasteiger partial charge < -0.3 is 5.11 Å². The zero-order valence-electron chi connectivity index (χ0n) is 11.2. The number of hydrogen-bond acceptors (Lipinski definition) is 2. The molecule has 0 saturated heterocycles. The van der Waals surface area contributed by atoms with Crippen LogP contribution in [0.1, 0.15) is 22.3 Å². The molecule has 0 aromatic heterocycles. The molecule has 2 nitrogen and oxygen atoms in total. The third-order valence-corrected chi connectivity index (χ3v) is 3.67. The first kappa shape index (κ1) is 13.6. The Morgan fingerprint density at radius 2 is 1.74 bits per heavy atom. The zero-order chi connectivity index (χ0) is 14.0. The van der Waals surface area contributed by atoms with Gasteiger partial charge in [0.05, 0.1) is 5.69 Å². The summed E-state index contributed by atoms with van der Waals surface area (Å²) in [4.78, 5) is 4.37. The topological polar surface area (TPSA) is 32.6 Å². The molecule has 0 aliphatic carbocycles. The average Bonchev–Trinajstić information content (AvgIpc) is 2.38. The smallest absolute Gasteiger partial charge is 0.124 e. The molecule has 1 N–H and O–H groups in total. The molecule has 19 heavy (non-hydrogen) atoms. The maximum Gasteiger partial charge on any atom is 0.124 e. The summed E-state index contributed by atoms with van der Waals surface area (Å²) in [6, 6.07) is 9.54. The molecule has 0 aliphatic heterocycles. The highest BCUT2D eigenvalue weighted by molar-refractivity contribution is 6.32. The minimum absolute atomic E-state index is 0.204. The van der Waals surface area contributed by atoms with Gasteiger partial charge in [0, 0.05) is 16.8 Å². The third-order valence-electron chi connectivity index (χ3n) is 3.09. The highest BCUT2D eigenvalue weighted by Crippen LogP contribution is 2.30. The predicted octanol–water partition coefficient (Wildman–Crippen LogP) is 4.72. The summed E-state index contributed by atoms with van der Waals surface area (Å²) >= 11 is 6.18. The van der Waals surface area contributed by atoms with E-state index in [2.05, 4.69) is 4.99 Å². The molecule has 2 aromatic rings. The summed E-state index contributed by atoms with van der Waals surface area (Å²) in [5.74, 6) is 0.204. The molecule has 0 amide bonds. The van der Waals surface area contributed by atoms with Crippen LogP contribution in [0.25, 0.3) is 0 Å². The van der Waals surface area contributed by atoms with Crippen LogP contribution in [0.15, 0.2) is 35.3 Å². The molecular weight excluding hydrogens is 258 g/mol. The summed E-state index contributed by atoms with van der Waals surface area (Å²) in [7, 11) is 0. The lowest BCUT2D eigenvalue weighted by molar-refractivity contribution is 0.473. The van der Waals surface area contributed by atoms with Crippen molar-refractivity contribution in [1.29, 1.82) is 0 Å². The largest absolute Gasteiger partial charge is 0.507 e. The number of nitrogens with zero attached hydrogens (tertiary/aromatic N) is 1. The molecule has 3 heteroatoms. The SMILES string of the molecule is Cc1ccc(N=Cc2c(O)cc(C)c(Cl)c2C)cc1. The first-order valence-corrected chi connectivity index (χ1v) is 6.46. The molecule has 0 atom stereocenters. The Bertz CT molecular complexity index is 630. The van der Waals surface area contributed by atoms with Gasteiger partial charge in [0.25, 0.3) is 0 Å². The van der Waals surface area contributed by atoms with Crippen molar-refractivity contribution in [2.45, 2.75) is 20.8 Å². The van der Waals surface area contributed by atoms with E-state index in [0.717, 1.165) is 16.8 Å². The molecular formula is C16H16ClNO. The second-order valence-electron chi connectivity index (χ2n) is 4.66. The van der Waals surface area contributed by atoms with E-state index in [1.165, 1.54) is 5.56 Å². The number of halogens is 1. The fourth-order valence-corrected chi connectivity index (χ4v) is 2.04. The van der Waals surface area contributed by atoms with Crippen molar-refractivity contribution in [3.63, 3.8) is 0 Å². The van der Waals surface area contributed by atoms with E-state index in [4.69, 9.17) is 11.6 Å². The van der Waals surface area contributed by atoms with Crippen molar-refractivity contribution in [2.24, 2.45) is 4.99 Å². The maximum atomic E-state index is 9.97. The molecule has 0 heterocycles. The van der Waals surface area contributed by atoms with Gasteiger partial charge in [-0.3, -0.25) is 4.99 Å². The highest BCUT2D eigenvalue weighted by Gasteiger charge is 2.09. The Morgan fingerprint density at radius 3 is 2.37 bits per heavy atom. The number of rotatable bonds is 2. The van der Waals surface area contributed by atoms with Crippen molar-refractivity contribution >= 4 is 23.5 Å². The normalized spacial score (nSPS) is 11.2. The van der Waals surface area contributed by atoms with Crippen LogP contribution >= 0.6 is 11.6 Å². The molecule has 0 unspecified atom stereocenters. The van der Waals surface area contributed by atoms with E-state index >= 15 is 0 Å². The fourth-order valence-electron chi connectivity index (χ4n) is 1.89. The maximum absolute atomic E-state index is 9.97.